The Labute approximate surface area is 186 Å². The molecule has 2 heterocycles. The number of halogens is 2. The molecule has 1 aliphatic rings. The number of nitrogens with one attached hydrogen (secondary N) is 1. The number of hydrazine groups is 1. The summed E-state index contributed by atoms with van der Waals surface area (Å²) in [5, 5.41) is 12.7. The molecule has 154 valence electrons. The monoisotopic (exact) mass is 451 g/mol. The number of thiocarbonyl (C=S) groups is 1. The number of benzene rings is 1. The molecular formula is C20H23Cl2N5OS. The van der Waals surface area contributed by atoms with Crippen LogP contribution >= 0.6 is 35.4 Å². The van der Waals surface area contributed by atoms with E-state index >= 15 is 0 Å². The summed E-state index contributed by atoms with van der Waals surface area (Å²) < 4.78 is 1.59. The van der Waals surface area contributed by atoms with Crippen molar-refractivity contribution in [2.75, 3.05) is 19.6 Å². The normalized spacial score (nSPS) is 14.1. The van der Waals surface area contributed by atoms with Crippen molar-refractivity contribution in [1.29, 1.82) is 0 Å². The topological polar surface area (TPSA) is 53.4 Å². The van der Waals surface area contributed by atoms with Crippen molar-refractivity contribution in [3.05, 3.63) is 57.3 Å². The Hall–Kier alpha value is -2.09. The van der Waals surface area contributed by atoms with Gasteiger partial charge in [0.1, 0.15) is 5.15 Å². The number of hydrogen-bond donors (Lipinski definition) is 1. The zero-order valence-electron chi connectivity index (χ0n) is 16.4. The third kappa shape index (κ3) is 5.29. The molecule has 1 aromatic carbocycles. The van der Waals surface area contributed by atoms with Gasteiger partial charge in [0, 0.05) is 43.3 Å². The third-order valence-corrected chi connectivity index (χ3v) is 5.77. The minimum Gasteiger partial charge on any atom is -0.361 e. The van der Waals surface area contributed by atoms with E-state index in [4.69, 9.17) is 35.4 Å². The fourth-order valence-electron chi connectivity index (χ4n) is 3.18. The first-order valence-corrected chi connectivity index (χ1v) is 10.5. The molecule has 1 aromatic heterocycles. The number of amides is 1. The highest BCUT2D eigenvalue weighted by Gasteiger charge is 2.27. The molecule has 0 saturated carbocycles. The van der Waals surface area contributed by atoms with Crippen molar-refractivity contribution in [1.82, 2.24) is 25.1 Å². The molecule has 2 aromatic rings. The Balaban J connectivity index is 1.56. The summed E-state index contributed by atoms with van der Waals surface area (Å²) >= 11 is 17.7. The minimum absolute atomic E-state index is 0.135. The van der Waals surface area contributed by atoms with Crippen LogP contribution in [0.1, 0.15) is 23.2 Å². The fourth-order valence-corrected chi connectivity index (χ4v) is 3.84. The van der Waals surface area contributed by atoms with Gasteiger partial charge >= 0.3 is 0 Å². The van der Waals surface area contributed by atoms with Gasteiger partial charge in [0.25, 0.3) is 5.91 Å². The van der Waals surface area contributed by atoms with Crippen LogP contribution in [-0.2, 0) is 18.3 Å². The molecule has 0 aliphatic carbocycles. The zero-order valence-corrected chi connectivity index (χ0v) is 18.7. The number of hydrogen-bond acceptors (Lipinski definition) is 3. The highest BCUT2D eigenvalue weighted by Crippen LogP contribution is 2.20. The molecule has 0 atom stereocenters. The Morgan fingerprint density at radius 3 is 2.59 bits per heavy atom. The van der Waals surface area contributed by atoms with E-state index in [2.05, 4.69) is 10.4 Å². The second-order valence-electron chi connectivity index (χ2n) is 6.79. The zero-order chi connectivity index (χ0) is 21.0. The number of rotatable bonds is 5. The maximum absolute atomic E-state index is 12.7. The van der Waals surface area contributed by atoms with Gasteiger partial charge in [-0.3, -0.25) is 14.5 Å². The molecule has 3 rings (SSSR count). The van der Waals surface area contributed by atoms with E-state index in [0.717, 1.165) is 29.1 Å². The maximum atomic E-state index is 12.7. The molecule has 6 nitrogen and oxygen atoms in total. The van der Waals surface area contributed by atoms with Crippen LogP contribution in [-0.4, -0.2) is 50.5 Å². The Bertz CT molecular complexity index is 926. The highest BCUT2D eigenvalue weighted by atomic mass is 35.5. The van der Waals surface area contributed by atoms with Crippen molar-refractivity contribution in [2.45, 2.75) is 19.8 Å². The molecule has 0 radical (unpaired) electrons. The molecule has 1 N–H and O–H groups in total. The number of carbonyl (C=O) groups excluding carboxylic acids is 1. The summed E-state index contributed by atoms with van der Waals surface area (Å²) in [5.41, 5.74) is 2.70. The van der Waals surface area contributed by atoms with Gasteiger partial charge in [-0.1, -0.05) is 35.3 Å². The highest BCUT2D eigenvalue weighted by molar-refractivity contribution is 7.80. The second-order valence-corrected chi connectivity index (χ2v) is 7.97. The smallest absolute Gasteiger partial charge is 0.265 e. The Morgan fingerprint density at radius 2 is 1.93 bits per heavy atom. The molecule has 0 spiro atoms. The lowest BCUT2D eigenvalue weighted by Crippen LogP contribution is -2.49. The number of carbonyl (C=O) groups is 1. The number of aromatic nitrogens is 2. The molecule has 0 bridgehead atoms. The van der Waals surface area contributed by atoms with Crippen molar-refractivity contribution in [2.24, 2.45) is 7.05 Å². The number of nitrogens with zero attached hydrogens (tertiary/aromatic N) is 4. The summed E-state index contributed by atoms with van der Waals surface area (Å²) in [4.78, 5) is 12.7. The van der Waals surface area contributed by atoms with Gasteiger partial charge < -0.3 is 5.32 Å². The standard InChI is InChI=1S/C20H23Cl2N5OS/c1-14-17(19(22)25(2)24-14)8-9-18(28)26-12-3-13-27(26)20(29)23-11-10-15-4-6-16(21)7-5-15/h4-9H,3,10-13H2,1-2H3,(H,23,29). The first-order valence-electron chi connectivity index (χ1n) is 9.35. The van der Waals surface area contributed by atoms with E-state index < -0.39 is 0 Å². The summed E-state index contributed by atoms with van der Waals surface area (Å²) in [6.07, 6.45) is 4.91. The van der Waals surface area contributed by atoms with E-state index in [1.807, 2.05) is 36.2 Å². The van der Waals surface area contributed by atoms with E-state index in [1.165, 1.54) is 11.6 Å². The summed E-state index contributed by atoms with van der Waals surface area (Å²) in [7, 11) is 1.77. The van der Waals surface area contributed by atoms with Crippen LogP contribution in [0.2, 0.25) is 10.2 Å². The minimum atomic E-state index is -0.135. The molecule has 1 fully saturated rings. The van der Waals surface area contributed by atoms with Crippen LogP contribution < -0.4 is 5.32 Å². The van der Waals surface area contributed by atoms with Crippen LogP contribution in [0.15, 0.2) is 30.3 Å². The van der Waals surface area contributed by atoms with Crippen LogP contribution in [0.5, 0.6) is 0 Å². The molecule has 1 aliphatic heterocycles. The lowest BCUT2D eigenvalue weighted by Gasteiger charge is -2.29. The average molecular weight is 452 g/mol. The lowest BCUT2D eigenvalue weighted by molar-refractivity contribution is -0.133. The summed E-state index contributed by atoms with van der Waals surface area (Å²) in [6.45, 7) is 3.87. The van der Waals surface area contributed by atoms with Crippen LogP contribution in [0.3, 0.4) is 0 Å². The second kappa shape index (κ2) is 9.61. The van der Waals surface area contributed by atoms with Crippen molar-refractivity contribution in [3.8, 4) is 0 Å². The molecule has 9 heteroatoms. The van der Waals surface area contributed by atoms with Crippen molar-refractivity contribution in [3.63, 3.8) is 0 Å². The SMILES string of the molecule is Cc1nn(C)c(Cl)c1C=CC(=O)N1CCCN1C(=S)NCCc1ccc(Cl)cc1. The Kier molecular flexibility index (Phi) is 7.16. The quantitative estimate of drug-likeness (QED) is 0.555. The van der Waals surface area contributed by atoms with Gasteiger partial charge in [-0.2, -0.15) is 5.10 Å². The van der Waals surface area contributed by atoms with Gasteiger partial charge in [-0.15, -0.1) is 0 Å². The number of aryl methyl sites for hydroxylation is 2. The van der Waals surface area contributed by atoms with Gasteiger partial charge in [-0.25, -0.2) is 5.01 Å². The van der Waals surface area contributed by atoms with Gasteiger partial charge in [0.2, 0.25) is 0 Å². The van der Waals surface area contributed by atoms with E-state index in [-0.39, 0.29) is 5.91 Å². The lowest BCUT2D eigenvalue weighted by atomic mass is 10.1. The molecule has 1 amide bonds. The first kappa shape index (κ1) is 21.6. The van der Waals surface area contributed by atoms with Crippen molar-refractivity contribution < 1.29 is 4.79 Å². The molecule has 0 unspecified atom stereocenters. The molecule has 29 heavy (non-hydrogen) atoms. The van der Waals surface area contributed by atoms with E-state index in [9.17, 15) is 4.79 Å². The molecular weight excluding hydrogens is 429 g/mol. The van der Waals surface area contributed by atoms with E-state index in [1.54, 1.807) is 22.8 Å². The fraction of sp³-hybridized carbons (Fsp3) is 0.350. The van der Waals surface area contributed by atoms with Crippen LogP contribution in [0.4, 0.5) is 0 Å². The summed E-state index contributed by atoms with van der Waals surface area (Å²) in [6, 6.07) is 7.74. The average Bonchev–Trinajstić information content (AvgIpc) is 3.27. The summed E-state index contributed by atoms with van der Waals surface area (Å²) in [5.74, 6) is -0.135. The predicted octanol–water partition coefficient (Wildman–Crippen LogP) is 3.62. The maximum Gasteiger partial charge on any atom is 0.265 e. The van der Waals surface area contributed by atoms with Crippen LogP contribution in [0, 0.1) is 6.92 Å². The third-order valence-electron chi connectivity index (χ3n) is 4.71. The van der Waals surface area contributed by atoms with Gasteiger partial charge in [0.15, 0.2) is 5.11 Å². The van der Waals surface area contributed by atoms with Gasteiger partial charge in [0.05, 0.1) is 5.69 Å². The van der Waals surface area contributed by atoms with Gasteiger partial charge in [-0.05, 0) is 55.8 Å². The molecule has 1 saturated heterocycles. The Morgan fingerprint density at radius 1 is 1.24 bits per heavy atom. The first-order chi connectivity index (χ1) is 13.9. The van der Waals surface area contributed by atoms with Crippen LogP contribution in [0.25, 0.3) is 6.08 Å². The largest absolute Gasteiger partial charge is 0.361 e. The van der Waals surface area contributed by atoms with E-state index in [0.29, 0.717) is 29.9 Å². The predicted molar refractivity (Wildman–Crippen MR) is 121 cm³/mol. The van der Waals surface area contributed by atoms with Crippen molar-refractivity contribution >= 4 is 52.5 Å².